The van der Waals surface area contributed by atoms with Crippen molar-refractivity contribution in [1.82, 2.24) is 4.90 Å². The van der Waals surface area contributed by atoms with E-state index in [1.54, 1.807) is 18.9 Å². The van der Waals surface area contributed by atoms with Crippen LogP contribution in [0.1, 0.15) is 38.3 Å². The van der Waals surface area contributed by atoms with E-state index in [-0.39, 0.29) is 12.4 Å². The largest absolute Gasteiger partial charge is 0.496 e. The van der Waals surface area contributed by atoms with Gasteiger partial charge in [-0.1, -0.05) is 31.5 Å². The molecule has 2 aliphatic heterocycles. The summed E-state index contributed by atoms with van der Waals surface area (Å²) in [7, 11) is 1.58. The Morgan fingerprint density at radius 2 is 2.14 bits per heavy atom. The van der Waals surface area contributed by atoms with Gasteiger partial charge in [-0.25, -0.2) is 9.79 Å². The Morgan fingerprint density at radius 1 is 1.39 bits per heavy atom. The zero-order chi connectivity index (χ0) is 20.3. The minimum Gasteiger partial charge on any atom is -0.496 e. The molecule has 0 spiro atoms. The quantitative estimate of drug-likeness (QED) is 0.733. The predicted molar refractivity (Wildman–Crippen MR) is 108 cm³/mol. The van der Waals surface area contributed by atoms with Crippen LogP contribution in [0.4, 0.5) is 0 Å². The van der Waals surface area contributed by atoms with Crippen molar-refractivity contribution in [3.05, 3.63) is 51.8 Å². The number of esters is 1. The summed E-state index contributed by atoms with van der Waals surface area (Å²) in [6.45, 7) is 4.04. The summed E-state index contributed by atoms with van der Waals surface area (Å²) in [5, 5.41) is 10.0. The molecule has 0 saturated heterocycles. The number of amidine groups is 1. The van der Waals surface area contributed by atoms with Crippen molar-refractivity contribution in [1.29, 1.82) is 5.26 Å². The highest BCUT2D eigenvalue weighted by molar-refractivity contribution is 8.17. The molecule has 146 valence electrons. The maximum atomic E-state index is 13.0. The molecule has 0 unspecified atom stereocenters. The average Bonchev–Trinajstić information content (AvgIpc) is 3.02. The molecule has 1 aromatic rings. The van der Waals surface area contributed by atoms with Gasteiger partial charge in [0.2, 0.25) is 0 Å². The summed E-state index contributed by atoms with van der Waals surface area (Å²) in [6.07, 6.45) is 1.42. The first-order valence-electron chi connectivity index (χ1n) is 9.05. The van der Waals surface area contributed by atoms with E-state index >= 15 is 0 Å². The number of rotatable bonds is 6. The third kappa shape index (κ3) is 3.34. The second-order valence-electron chi connectivity index (χ2n) is 6.17. The Morgan fingerprint density at radius 3 is 2.79 bits per heavy atom. The van der Waals surface area contributed by atoms with Crippen LogP contribution in [-0.4, -0.2) is 29.8 Å². The number of nitrogens with two attached hydrogens (primary N) is 1. The molecule has 28 heavy (non-hydrogen) atoms. The summed E-state index contributed by atoms with van der Waals surface area (Å²) in [5.74, 6) is 0.460. The number of methoxy groups -OCH3 is 1. The number of hydrogen-bond donors (Lipinski definition) is 1. The van der Waals surface area contributed by atoms with Crippen molar-refractivity contribution in [2.45, 2.75) is 32.7 Å². The number of thioether (sulfide) groups is 1. The van der Waals surface area contributed by atoms with E-state index in [2.05, 4.69) is 11.1 Å². The molecule has 2 heterocycles. The average molecular weight is 398 g/mol. The van der Waals surface area contributed by atoms with E-state index in [1.807, 2.05) is 31.2 Å². The van der Waals surface area contributed by atoms with Gasteiger partial charge >= 0.3 is 5.97 Å². The van der Waals surface area contributed by atoms with Gasteiger partial charge in [0.05, 0.1) is 25.0 Å². The number of para-hydroxylation sites is 1. The van der Waals surface area contributed by atoms with E-state index in [9.17, 15) is 10.1 Å². The lowest BCUT2D eigenvalue weighted by molar-refractivity contribution is -0.139. The predicted octanol–water partition coefficient (Wildman–Crippen LogP) is 3.42. The Kier molecular flexibility index (Phi) is 5.95. The molecule has 0 aromatic heterocycles. The number of aliphatic imine (C=N–C) groups is 1. The van der Waals surface area contributed by atoms with Gasteiger partial charge in [-0.05, 0) is 31.2 Å². The fraction of sp³-hybridized carbons (Fsp3) is 0.350. The number of nitrogens with zero attached hydrogens (tertiary/aromatic N) is 3. The number of ether oxygens (including phenoxy) is 2. The molecule has 2 aliphatic rings. The van der Waals surface area contributed by atoms with Gasteiger partial charge < -0.3 is 15.2 Å². The van der Waals surface area contributed by atoms with Crippen LogP contribution in [0.3, 0.4) is 0 Å². The zero-order valence-corrected chi connectivity index (χ0v) is 16.9. The second kappa shape index (κ2) is 8.40. The van der Waals surface area contributed by atoms with Crippen LogP contribution in [0.25, 0.3) is 0 Å². The topological polar surface area (TPSA) is 101 Å². The van der Waals surface area contributed by atoms with E-state index in [1.165, 1.54) is 11.8 Å². The van der Waals surface area contributed by atoms with Gasteiger partial charge in [0.15, 0.2) is 5.17 Å². The summed E-state index contributed by atoms with van der Waals surface area (Å²) >= 11 is 1.21. The molecule has 8 heteroatoms. The van der Waals surface area contributed by atoms with Crippen molar-refractivity contribution in [2.24, 2.45) is 10.7 Å². The minimum atomic E-state index is -0.581. The molecule has 0 aliphatic carbocycles. The highest BCUT2D eigenvalue weighted by atomic mass is 32.2. The normalized spacial score (nSPS) is 18.6. The Hall–Kier alpha value is -2.92. The Bertz CT molecular complexity index is 930. The maximum absolute atomic E-state index is 13.0. The standard InChI is InChI=1S/C20H22N4O3S/c1-4-8-13-16(19(25)27-5-2)17(12-9-6-7-10-14(12)26-3)24-18(22)15(11-21)28-20(24)23-13/h6-7,9-10,17H,4-5,8,22H2,1-3H3/t17-/m1/s1. The van der Waals surface area contributed by atoms with Crippen LogP contribution in [0.5, 0.6) is 5.75 Å². The Balaban J connectivity index is 2.27. The second-order valence-corrected chi connectivity index (χ2v) is 7.15. The van der Waals surface area contributed by atoms with Gasteiger partial charge in [0.1, 0.15) is 28.6 Å². The third-order valence-electron chi connectivity index (χ3n) is 4.48. The smallest absolute Gasteiger partial charge is 0.338 e. The number of benzene rings is 1. The highest BCUT2D eigenvalue weighted by Gasteiger charge is 2.44. The highest BCUT2D eigenvalue weighted by Crippen LogP contribution is 2.47. The number of carbonyl (C=O) groups is 1. The van der Waals surface area contributed by atoms with Gasteiger partial charge in [0, 0.05) is 5.56 Å². The molecule has 0 bridgehead atoms. The summed E-state index contributed by atoms with van der Waals surface area (Å²) in [4.78, 5) is 19.7. The van der Waals surface area contributed by atoms with Gasteiger partial charge in [-0.15, -0.1) is 0 Å². The third-order valence-corrected chi connectivity index (χ3v) is 5.46. The number of hydrogen-bond acceptors (Lipinski definition) is 8. The van der Waals surface area contributed by atoms with E-state index < -0.39 is 12.0 Å². The fourth-order valence-electron chi connectivity index (χ4n) is 3.33. The fourth-order valence-corrected chi connectivity index (χ4v) is 4.22. The van der Waals surface area contributed by atoms with Gasteiger partial charge in [-0.3, -0.25) is 4.90 Å². The molecule has 0 fully saturated rings. The Labute approximate surface area is 168 Å². The number of fused-ring (bicyclic) bond motifs is 1. The first kappa shape index (κ1) is 19.8. The number of nitriles is 1. The molecule has 2 N–H and O–H groups in total. The van der Waals surface area contributed by atoms with Gasteiger partial charge in [-0.2, -0.15) is 5.26 Å². The lowest BCUT2D eigenvalue weighted by Gasteiger charge is -2.36. The zero-order valence-electron chi connectivity index (χ0n) is 16.1. The van der Waals surface area contributed by atoms with Crippen LogP contribution >= 0.6 is 11.8 Å². The van der Waals surface area contributed by atoms with E-state index in [0.29, 0.717) is 33.5 Å². The first-order chi connectivity index (χ1) is 13.6. The molecule has 0 radical (unpaired) electrons. The van der Waals surface area contributed by atoms with Crippen molar-refractivity contribution in [3.63, 3.8) is 0 Å². The molecule has 7 nitrogen and oxygen atoms in total. The van der Waals surface area contributed by atoms with Crippen LogP contribution in [0, 0.1) is 11.3 Å². The van der Waals surface area contributed by atoms with E-state index in [4.69, 9.17) is 15.2 Å². The molecule has 0 saturated carbocycles. The molecular weight excluding hydrogens is 376 g/mol. The molecule has 0 amide bonds. The van der Waals surface area contributed by atoms with Crippen LogP contribution in [0.2, 0.25) is 0 Å². The monoisotopic (exact) mass is 398 g/mol. The summed E-state index contributed by atoms with van der Waals surface area (Å²) in [6, 6.07) is 8.99. The molecule has 1 atom stereocenters. The lowest BCUT2D eigenvalue weighted by atomic mass is 9.92. The number of allylic oxidation sites excluding steroid dienone is 2. The SMILES string of the molecule is CCCC1=C(C(=O)OCC)[C@@H](c2ccccc2OC)N2C(=N1)SC(C#N)=C2N. The van der Waals surface area contributed by atoms with Crippen molar-refractivity contribution < 1.29 is 14.3 Å². The summed E-state index contributed by atoms with van der Waals surface area (Å²) in [5.41, 5.74) is 8.13. The molecular formula is C20H22N4O3S. The first-order valence-corrected chi connectivity index (χ1v) is 9.87. The lowest BCUT2D eigenvalue weighted by Crippen LogP contribution is -2.39. The van der Waals surface area contributed by atoms with Crippen LogP contribution in [0.15, 0.2) is 51.3 Å². The van der Waals surface area contributed by atoms with E-state index in [0.717, 1.165) is 12.0 Å². The maximum Gasteiger partial charge on any atom is 0.338 e. The summed E-state index contributed by atoms with van der Waals surface area (Å²) < 4.78 is 10.9. The van der Waals surface area contributed by atoms with Crippen molar-refractivity contribution in [3.8, 4) is 11.8 Å². The number of carbonyl (C=O) groups excluding carboxylic acids is 1. The molecule has 3 rings (SSSR count). The van der Waals surface area contributed by atoms with Gasteiger partial charge in [0.25, 0.3) is 0 Å². The van der Waals surface area contributed by atoms with Crippen LogP contribution in [-0.2, 0) is 9.53 Å². The van der Waals surface area contributed by atoms with Crippen molar-refractivity contribution >= 4 is 22.9 Å². The molecule has 1 aromatic carbocycles. The minimum absolute atomic E-state index is 0.250. The van der Waals surface area contributed by atoms with Crippen LogP contribution < -0.4 is 10.5 Å². The van der Waals surface area contributed by atoms with Crippen molar-refractivity contribution in [2.75, 3.05) is 13.7 Å².